The Morgan fingerprint density at radius 3 is 2.56 bits per heavy atom. The van der Waals surface area contributed by atoms with Gasteiger partial charge in [-0.25, -0.2) is 0 Å². The highest BCUT2D eigenvalue weighted by molar-refractivity contribution is 7.80. The van der Waals surface area contributed by atoms with Crippen molar-refractivity contribution in [1.29, 1.82) is 5.26 Å². The minimum Gasteiger partial charge on any atom is -0.293 e. The van der Waals surface area contributed by atoms with Gasteiger partial charge >= 0.3 is 0 Å². The number of benzene rings is 1. The highest BCUT2D eigenvalue weighted by Gasteiger charge is 2.25. The standard InChI is InChI=1S/C14H15ClN2S/c15-11-6-4-10(5-7-11)14(18)12(9-16)13-3-1-2-8-17-13/h4-7,12,14,18H,1-3,8H2. The SMILES string of the molecule is N#CC(C1=NCCCC1)C(S)c1ccc(Cl)cc1. The summed E-state index contributed by atoms with van der Waals surface area (Å²) in [5.74, 6) is -0.241. The zero-order valence-corrected chi connectivity index (χ0v) is 11.7. The molecule has 0 radical (unpaired) electrons. The third-order valence-electron chi connectivity index (χ3n) is 3.18. The fourth-order valence-corrected chi connectivity index (χ4v) is 2.69. The van der Waals surface area contributed by atoms with Gasteiger partial charge in [0.05, 0.1) is 12.0 Å². The van der Waals surface area contributed by atoms with E-state index >= 15 is 0 Å². The van der Waals surface area contributed by atoms with Crippen molar-refractivity contribution in [3.8, 4) is 6.07 Å². The van der Waals surface area contributed by atoms with E-state index < -0.39 is 0 Å². The molecule has 0 fully saturated rings. The lowest BCUT2D eigenvalue weighted by molar-refractivity contribution is 0.695. The first-order valence-electron chi connectivity index (χ1n) is 6.08. The molecule has 0 aliphatic carbocycles. The maximum atomic E-state index is 9.36. The first kappa shape index (κ1) is 13.5. The molecule has 94 valence electrons. The van der Waals surface area contributed by atoms with Crippen molar-refractivity contribution in [2.75, 3.05) is 6.54 Å². The van der Waals surface area contributed by atoms with Gasteiger partial charge in [-0.2, -0.15) is 17.9 Å². The van der Waals surface area contributed by atoms with Gasteiger partial charge in [-0.1, -0.05) is 23.7 Å². The Morgan fingerprint density at radius 2 is 2.00 bits per heavy atom. The van der Waals surface area contributed by atoms with Gasteiger partial charge in [-0.15, -0.1) is 0 Å². The molecule has 0 N–H and O–H groups in total. The second-order valence-electron chi connectivity index (χ2n) is 4.43. The van der Waals surface area contributed by atoms with E-state index in [1.807, 2.05) is 24.3 Å². The molecule has 2 unspecified atom stereocenters. The first-order valence-corrected chi connectivity index (χ1v) is 6.98. The average molecular weight is 279 g/mol. The summed E-state index contributed by atoms with van der Waals surface area (Å²) >= 11 is 10.5. The van der Waals surface area contributed by atoms with E-state index in [1.165, 1.54) is 0 Å². The van der Waals surface area contributed by atoms with E-state index in [0.717, 1.165) is 37.1 Å². The lowest BCUT2D eigenvalue weighted by Crippen LogP contribution is -2.21. The Balaban J connectivity index is 2.20. The molecule has 1 aromatic rings. The van der Waals surface area contributed by atoms with Gasteiger partial charge in [0, 0.05) is 22.5 Å². The summed E-state index contributed by atoms with van der Waals surface area (Å²) in [7, 11) is 0. The Kier molecular flexibility index (Phi) is 4.68. The number of hydrogen-bond acceptors (Lipinski definition) is 3. The molecular weight excluding hydrogens is 264 g/mol. The van der Waals surface area contributed by atoms with Crippen LogP contribution in [-0.2, 0) is 0 Å². The van der Waals surface area contributed by atoms with Crippen molar-refractivity contribution in [3.05, 3.63) is 34.9 Å². The Hall–Kier alpha value is -0.980. The summed E-state index contributed by atoms with van der Waals surface area (Å²) < 4.78 is 0. The van der Waals surface area contributed by atoms with E-state index in [4.69, 9.17) is 11.6 Å². The maximum Gasteiger partial charge on any atom is 0.0997 e. The summed E-state index contributed by atoms with van der Waals surface area (Å²) in [6, 6.07) is 9.85. The predicted octanol–water partition coefficient (Wildman–Crippen LogP) is 4.08. The van der Waals surface area contributed by atoms with Crippen molar-refractivity contribution < 1.29 is 0 Å². The molecule has 2 atom stereocenters. The van der Waals surface area contributed by atoms with E-state index in [0.29, 0.717) is 5.02 Å². The van der Waals surface area contributed by atoms with Crippen LogP contribution < -0.4 is 0 Å². The monoisotopic (exact) mass is 278 g/mol. The number of rotatable bonds is 3. The van der Waals surface area contributed by atoms with Crippen molar-refractivity contribution in [3.63, 3.8) is 0 Å². The van der Waals surface area contributed by atoms with Crippen LogP contribution in [0.25, 0.3) is 0 Å². The molecule has 0 saturated heterocycles. The van der Waals surface area contributed by atoms with Gasteiger partial charge in [-0.05, 0) is 37.0 Å². The molecule has 0 aromatic heterocycles. The molecule has 0 bridgehead atoms. The molecule has 1 aliphatic rings. The summed E-state index contributed by atoms with van der Waals surface area (Å²) in [5.41, 5.74) is 2.02. The summed E-state index contributed by atoms with van der Waals surface area (Å²) in [6.07, 6.45) is 3.17. The molecule has 0 amide bonds. The van der Waals surface area contributed by atoms with Crippen LogP contribution in [0.1, 0.15) is 30.1 Å². The number of hydrogen-bond donors (Lipinski definition) is 1. The van der Waals surface area contributed by atoms with Gasteiger partial charge in [0.25, 0.3) is 0 Å². The fourth-order valence-electron chi connectivity index (χ4n) is 2.15. The van der Waals surface area contributed by atoms with Crippen LogP contribution in [0.15, 0.2) is 29.3 Å². The molecule has 18 heavy (non-hydrogen) atoms. The molecule has 1 heterocycles. The number of thiol groups is 1. The second-order valence-corrected chi connectivity index (χ2v) is 5.43. The van der Waals surface area contributed by atoms with Gasteiger partial charge in [0.1, 0.15) is 0 Å². The molecule has 1 aliphatic heterocycles. The average Bonchev–Trinajstić information content (AvgIpc) is 2.41. The lowest BCUT2D eigenvalue weighted by atomic mass is 9.91. The zero-order chi connectivity index (χ0) is 13.0. The van der Waals surface area contributed by atoms with E-state index in [-0.39, 0.29) is 11.2 Å². The predicted molar refractivity (Wildman–Crippen MR) is 78.4 cm³/mol. The third-order valence-corrected chi connectivity index (χ3v) is 4.03. The largest absolute Gasteiger partial charge is 0.293 e. The number of aliphatic imine (C=N–C) groups is 1. The van der Waals surface area contributed by atoms with Crippen LogP contribution in [-0.4, -0.2) is 12.3 Å². The highest BCUT2D eigenvalue weighted by Crippen LogP contribution is 2.32. The zero-order valence-electron chi connectivity index (χ0n) is 10.0. The van der Waals surface area contributed by atoms with Crippen molar-refractivity contribution in [1.82, 2.24) is 0 Å². The van der Waals surface area contributed by atoms with Gasteiger partial charge in [-0.3, -0.25) is 4.99 Å². The second kappa shape index (κ2) is 6.26. The van der Waals surface area contributed by atoms with Crippen LogP contribution >= 0.6 is 24.2 Å². The fraction of sp³-hybridized carbons (Fsp3) is 0.429. The van der Waals surface area contributed by atoms with E-state index in [2.05, 4.69) is 23.7 Å². The molecule has 0 saturated carbocycles. The lowest BCUT2D eigenvalue weighted by Gasteiger charge is -2.21. The Labute approximate surface area is 118 Å². The Morgan fingerprint density at radius 1 is 1.28 bits per heavy atom. The van der Waals surface area contributed by atoms with Crippen LogP contribution in [0.5, 0.6) is 0 Å². The van der Waals surface area contributed by atoms with Crippen molar-refractivity contribution >= 4 is 29.9 Å². The molecule has 2 rings (SSSR count). The molecule has 2 nitrogen and oxygen atoms in total. The van der Waals surface area contributed by atoms with Crippen LogP contribution in [0.3, 0.4) is 0 Å². The summed E-state index contributed by atoms with van der Waals surface area (Å²) in [4.78, 5) is 4.48. The Bertz CT molecular complexity index is 476. The minimum atomic E-state index is -0.241. The van der Waals surface area contributed by atoms with Gasteiger partial charge in [0.2, 0.25) is 0 Å². The van der Waals surface area contributed by atoms with Gasteiger partial charge < -0.3 is 0 Å². The molecule has 0 spiro atoms. The molecule has 1 aromatic carbocycles. The maximum absolute atomic E-state index is 9.36. The van der Waals surface area contributed by atoms with Crippen LogP contribution in [0, 0.1) is 17.2 Å². The van der Waals surface area contributed by atoms with E-state index in [1.54, 1.807) is 0 Å². The topological polar surface area (TPSA) is 36.1 Å². The third kappa shape index (κ3) is 3.07. The highest BCUT2D eigenvalue weighted by atomic mass is 35.5. The smallest absolute Gasteiger partial charge is 0.0997 e. The van der Waals surface area contributed by atoms with E-state index in [9.17, 15) is 5.26 Å². The molecule has 4 heteroatoms. The van der Waals surface area contributed by atoms with Crippen molar-refractivity contribution in [2.24, 2.45) is 10.9 Å². The summed E-state index contributed by atoms with van der Waals surface area (Å²) in [5, 5.41) is 9.92. The van der Waals surface area contributed by atoms with Crippen LogP contribution in [0.4, 0.5) is 0 Å². The first-order chi connectivity index (χ1) is 8.72. The summed E-state index contributed by atoms with van der Waals surface area (Å²) in [6.45, 7) is 0.842. The number of halogens is 1. The van der Waals surface area contributed by atoms with Gasteiger partial charge in [0.15, 0.2) is 0 Å². The number of nitriles is 1. The minimum absolute atomic E-state index is 0.135. The quantitative estimate of drug-likeness (QED) is 0.831. The van der Waals surface area contributed by atoms with Crippen LogP contribution in [0.2, 0.25) is 5.02 Å². The number of nitrogens with zero attached hydrogens (tertiary/aromatic N) is 2. The molecular formula is C14H15ClN2S. The van der Waals surface area contributed by atoms with Crippen molar-refractivity contribution in [2.45, 2.75) is 24.5 Å². The normalized spacial score (nSPS) is 18.6.